The average Bonchev–Trinajstić information content (AvgIpc) is 4.10. The monoisotopic (exact) mass is 966 g/mol. The molecule has 5 N–H and O–H groups in total. The molecular weight excluding hydrogens is 909 g/mol. The van der Waals surface area contributed by atoms with Crippen LogP contribution in [0.25, 0.3) is 21.6 Å². The lowest BCUT2D eigenvalue weighted by molar-refractivity contribution is -0.0429. The van der Waals surface area contributed by atoms with Gasteiger partial charge in [0.15, 0.2) is 11.6 Å². The Bertz CT molecular complexity index is 2950. The predicted molar refractivity (Wildman–Crippen MR) is 266 cm³/mol. The molecule has 5 aliphatic rings. The normalized spacial score (nSPS) is 20.5. The molecule has 3 aromatic heterocycles. The van der Waals surface area contributed by atoms with E-state index in [2.05, 4.69) is 55.0 Å². The molecule has 1 spiro atoms. The van der Waals surface area contributed by atoms with Crippen LogP contribution < -0.4 is 15.5 Å². The third-order valence-corrected chi connectivity index (χ3v) is 16.1. The molecule has 0 saturated carbocycles. The first-order chi connectivity index (χ1) is 33.8. The van der Waals surface area contributed by atoms with E-state index in [0.717, 1.165) is 70.4 Å². The minimum Gasteiger partial charge on any atom is -0.508 e. The number of carbonyl (C=O) groups is 2. The number of rotatable bonds is 9. The highest BCUT2D eigenvalue weighted by atomic mass is 32.1. The van der Waals surface area contributed by atoms with Crippen LogP contribution in [-0.4, -0.2) is 140 Å². The van der Waals surface area contributed by atoms with E-state index in [0.29, 0.717) is 94.3 Å². The molecule has 364 valence electrons. The number of hydrogen-bond acceptors (Lipinski definition) is 16. The molecule has 0 bridgehead atoms. The lowest BCUT2D eigenvalue weighted by Crippen LogP contribution is -2.47. The quantitative estimate of drug-likeness (QED) is 0.134. The number of piperazine rings is 1. The largest absolute Gasteiger partial charge is 0.508 e. The van der Waals surface area contributed by atoms with E-state index in [-0.39, 0.29) is 47.3 Å². The van der Waals surface area contributed by atoms with E-state index in [1.165, 1.54) is 23.0 Å². The molecule has 17 nitrogen and oxygen atoms in total. The number of nitrogens with two attached hydrogens (primary N) is 1. The van der Waals surface area contributed by atoms with Gasteiger partial charge in [0.05, 0.1) is 46.8 Å². The summed E-state index contributed by atoms with van der Waals surface area (Å²) in [6.07, 6.45) is 4.93. The number of ether oxygens (including phenoxy) is 2. The molecule has 18 heteroatoms. The number of nitrogens with zero attached hydrogens (tertiary/aromatic N) is 9. The van der Waals surface area contributed by atoms with Gasteiger partial charge in [0, 0.05) is 113 Å². The Balaban J connectivity index is 0.676. The van der Waals surface area contributed by atoms with Gasteiger partial charge >= 0.3 is 0 Å². The molecule has 0 aliphatic carbocycles. The molecule has 5 aliphatic heterocycles. The first kappa shape index (κ1) is 46.0. The van der Waals surface area contributed by atoms with Crippen molar-refractivity contribution in [1.29, 1.82) is 0 Å². The fraction of sp³-hybridized carbons (Fsp3) is 0.423. The smallest absolute Gasteiger partial charge is 0.258 e. The Labute approximate surface area is 410 Å². The lowest BCUT2D eigenvalue weighted by Gasteiger charge is -2.39. The molecule has 6 aromatic rings. The minimum atomic E-state index is -1.21. The van der Waals surface area contributed by atoms with Crippen LogP contribution in [0.15, 0.2) is 73.1 Å². The van der Waals surface area contributed by atoms with Gasteiger partial charge in [-0.1, -0.05) is 32.0 Å². The summed E-state index contributed by atoms with van der Waals surface area (Å²) in [4.78, 5) is 57.0. The molecule has 70 heavy (non-hydrogen) atoms. The van der Waals surface area contributed by atoms with E-state index < -0.39 is 11.2 Å². The van der Waals surface area contributed by atoms with Gasteiger partial charge in [-0.15, -0.1) is 11.3 Å². The number of phenols is 2. The van der Waals surface area contributed by atoms with Crippen molar-refractivity contribution in [2.24, 2.45) is 0 Å². The van der Waals surface area contributed by atoms with Crippen LogP contribution in [0.3, 0.4) is 0 Å². The van der Waals surface area contributed by atoms with Gasteiger partial charge in [0.2, 0.25) is 5.95 Å². The van der Waals surface area contributed by atoms with Crippen LogP contribution in [0, 0.1) is 0 Å². The van der Waals surface area contributed by atoms with Crippen LogP contribution in [0.5, 0.6) is 11.5 Å². The maximum Gasteiger partial charge on any atom is 0.258 e. The van der Waals surface area contributed by atoms with Crippen molar-refractivity contribution < 1.29 is 34.4 Å². The number of carbonyl (C=O) groups excluding carboxylic acids is 2. The maximum absolute atomic E-state index is 13.9. The molecule has 1 unspecified atom stereocenters. The summed E-state index contributed by atoms with van der Waals surface area (Å²) < 4.78 is 13.0. The second-order valence-electron chi connectivity index (χ2n) is 19.8. The standard InChI is InChI=1S/C52H58N10O7S/c1-32(2)39-22-40(43(64)24-42(39)63)49(66)62-28-35-4-3-33(21-36(35)29-62)27-58-13-15-59(16-14-58)38-7-5-34(6-8-38)48(65)61-11-9-51(10-12-61)30-52(67,31-69-51)44-23-41-45(70-44)47(60-17-19-68-20-18-60)57-46(56-41)37-25-54-50(53)55-26-37/h3-8,21-26,32,63-64,67H,9-20,27-31H2,1-2H3,(H2,53,54,55). The summed E-state index contributed by atoms with van der Waals surface area (Å²) in [7, 11) is 0. The van der Waals surface area contributed by atoms with Crippen molar-refractivity contribution in [1.82, 2.24) is 34.6 Å². The van der Waals surface area contributed by atoms with Crippen LogP contribution in [0.4, 0.5) is 17.5 Å². The minimum absolute atomic E-state index is 0.00102. The van der Waals surface area contributed by atoms with E-state index in [9.17, 15) is 24.9 Å². The summed E-state index contributed by atoms with van der Waals surface area (Å²) in [6, 6.07) is 19.3. The number of aliphatic hydroxyl groups is 1. The molecule has 2 amide bonds. The van der Waals surface area contributed by atoms with E-state index >= 15 is 0 Å². The third-order valence-electron chi connectivity index (χ3n) is 14.8. The maximum atomic E-state index is 13.9. The topological polar surface area (TPSA) is 207 Å². The fourth-order valence-corrected chi connectivity index (χ4v) is 11.9. The number of nitrogen functional groups attached to an aromatic ring is 1. The number of likely N-dealkylation sites (tertiary alicyclic amines) is 1. The SMILES string of the molecule is CC(C)c1cc(C(=O)N2Cc3ccc(CN4CCN(c5ccc(C(=O)N6CCC7(CC6)CC(O)(c6cc8nc(-c9cnc(N)nc9)nc(N9CCOCC9)c8s6)CO7)cc5)CC4)cc3C2)c(O)cc1O. The van der Waals surface area contributed by atoms with Crippen molar-refractivity contribution in [2.45, 2.75) is 69.9 Å². The van der Waals surface area contributed by atoms with Gasteiger partial charge in [-0.05, 0) is 77.4 Å². The Hall–Kier alpha value is -6.44. The van der Waals surface area contributed by atoms with Gasteiger partial charge in [0.25, 0.3) is 11.8 Å². The molecule has 0 radical (unpaired) electrons. The number of hydrogen-bond donors (Lipinski definition) is 4. The van der Waals surface area contributed by atoms with E-state index in [1.807, 2.05) is 36.9 Å². The number of thiophene rings is 1. The van der Waals surface area contributed by atoms with Crippen LogP contribution in [-0.2, 0) is 34.7 Å². The number of morpholine rings is 1. The fourth-order valence-electron chi connectivity index (χ4n) is 10.7. The zero-order valence-corrected chi connectivity index (χ0v) is 40.3. The Kier molecular flexibility index (Phi) is 12.1. The second-order valence-corrected chi connectivity index (χ2v) is 20.8. The number of fused-ring (bicyclic) bond motifs is 2. The third kappa shape index (κ3) is 8.87. The van der Waals surface area contributed by atoms with Crippen molar-refractivity contribution in [3.05, 3.63) is 111 Å². The second kappa shape index (κ2) is 18.4. The number of anilines is 3. The van der Waals surface area contributed by atoms with Gasteiger partial charge in [-0.3, -0.25) is 14.5 Å². The zero-order chi connectivity index (χ0) is 48.3. The van der Waals surface area contributed by atoms with Crippen molar-refractivity contribution in [3.63, 3.8) is 0 Å². The Morgan fingerprint density at radius 2 is 1.53 bits per heavy atom. The molecule has 4 fully saturated rings. The predicted octanol–water partition coefficient (Wildman–Crippen LogP) is 5.86. The average molecular weight is 967 g/mol. The molecule has 11 rings (SSSR count). The van der Waals surface area contributed by atoms with Crippen molar-refractivity contribution >= 4 is 50.8 Å². The van der Waals surface area contributed by atoms with Crippen LogP contribution in [0.1, 0.15) is 86.9 Å². The van der Waals surface area contributed by atoms with Crippen LogP contribution >= 0.6 is 11.3 Å². The molecule has 3 aromatic carbocycles. The zero-order valence-electron chi connectivity index (χ0n) is 39.5. The summed E-state index contributed by atoms with van der Waals surface area (Å²) in [5.74, 6) is 1.00. The van der Waals surface area contributed by atoms with Crippen LogP contribution in [0.2, 0.25) is 0 Å². The van der Waals surface area contributed by atoms with E-state index in [4.69, 9.17) is 25.2 Å². The lowest BCUT2D eigenvalue weighted by atomic mass is 9.83. The van der Waals surface area contributed by atoms with Gasteiger partial charge < -0.3 is 50.1 Å². The number of benzene rings is 3. The Morgan fingerprint density at radius 3 is 2.26 bits per heavy atom. The summed E-state index contributed by atoms with van der Waals surface area (Å²) >= 11 is 1.51. The first-order valence-electron chi connectivity index (χ1n) is 24.2. The summed E-state index contributed by atoms with van der Waals surface area (Å²) in [5, 5.41) is 33.1. The van der Waals surface area contributed by atoms with Gasteiger partial charge in [0.1, 0.15) is 17.1 Å². The van der Waals surface area contributed by atoms with Gasteiger partial charge in [-0.2, -0.15) is 0 Å². The van der Waals surface area contributed by atoms with Gasteiger partial charge in [-0.25, -0.2) is 19.9 Å². The highest BCUT2D eigenvalue weighted by Gasteiger charge is 2.52. The number of piperidine rings is 1. The van der Waals surface area contributed by atoms with Crippen molar-refractivity contribution in [3.8, 4) is 22.9 Å². The number of phenolic OH excluding ortho intramolecular Hbond substituents is 2. The Morgan fingerprint density at radius 1 is 0.800 bits per heavy atom. The molecule has 4 saturated heterocycles. The highest BCUT2D eigenvalue weighted by Crippen LogP contribution is 2.49. The first-order valence-corrected chi connectivity index (χ1v) is 25.0. The number of aromatic nitrogens is 4. The molecular formula is C52H58N10O7S. The van der Waals surface area contributed by atoms with E-state index in [1.54, 1.807) is 23.4 Å². The number of amides is 2. The summed E-state index contributed by atoms with van der Waals surface area (Å²) in [5.41, 5.74) is 11.4. The number of aromatic hydroxyl groups is 2. The highest BCUT2D eigenvalue weighted by molar-refractivity contribution is 7.19. The molecule has 8 heterocycles. The van der Waals surface area contributed by atoms with Crippen molar-refractivity contribution in [2.75, 3.05) is 87.7 Å². The molecule has 1 atom stereocenters. The summed E-state index contributed by atoms with van der Waals surface area (Å²) in [6.45, 7) is 12.9.